The van der Waals surface area contributed by atoms with E-state index in [1.165, 1.54) is 55.4 Å². The predicted octanol–water partition coefficient (Wildman–Crippen LogP) is 5.89. The summed E-state index contributed by atoms with van der Waals surface area (Å²) in [6.45, 7) is 7.22. The fourth-order valence-electron chi connectivity index (χ4n) is 8.11. The molecule has 3 aliphatic rings. The van der Waals surface area contributed by atoms with Gasteiger partial charge in [0.2, 0.25) is 0 Å². The normalized spacial score (nSPS) is 39.9. The Morgan fingerprint density at radius 3 is 2.70 bits per heavy atom. The van der Waals surface area contributed by atoms with Crippen molar-refractivity contribution >= 4 is 27.2 Å². The number of hydrazine groups is 1. The van der Waals surface area contributed by atoms with E-state index in [0.717, 1.165) is 29.9 Å². The monoisotopic (exact) mass is 477 g/mol. The van der Waals surface area contributed by atoms with Crippen molar-refractivity contribution in [3.63, 3.8) is 0 Å². The van der Waals surface area contributed by atoms with Gasteiger partial charge in [-0.2, -0.15) is 0 Å². The fourth-order valence-corrected chi connectivity index (χ4v) is 13.9. The molecule has 2 aliphatic heterocycles. The van der Waals surface area contributed by atoms with Crippen LogP contribution in [-0.4, -0.2) is 34.8 Å². The van der Waals surface area contributed by atoms with Crippen molar-refractivity contribution in [1.82, 2.24) is 0 Å². The largest absolute Gasteiger partial charge is 0.395 e. The molecule has 1 aliphatic carbocycles. The Morgan fingerprint density at radius 1 is 1.24 bits per heavy atom. The number of carbonyl (C=O) groups is 1. The van der Waals surface area contributed by atoms with E-state index in [2.05, 4.69) is 27.0 Å². The van der Waals surface area contributed by atoms with Crippen LogP contribution in [0.4, 0.5) is 15.8 Å². The lowest BCUT2D eigenvalue weighted by atomic mass is 9.71. The highest BCUT2D eigenvalue weighted by Gasteiger charge is 2.60. The lowest BCUT2D eigenvalue weighted by molar-refractivity contribution is -0.124. The van der Waals surface area contributed by atoms with Crippen LogP contribution in [0, 0.1) is 29.0 Å². The average Bonchev–Trinajstić information content (AvgIpc) is 3.14. The molecule has 0 bridgehead atoms. The molecule has 1 aromatic rings. The van der Waals surface area contributed by atoms with E-state index in [1.54, 1.807) is 12.1 Å². The summed E-state index contributed by atoms with van der Waals surface area (Å²) in [5.41, 5.74) is 6.37. The molecule has 186 valence electrons. The number of benzene rings is 1. The van der Waals surface area contributed by atoms with Crippen molar-refractivity contribution in [2.24, 2.45) is 29.0 Å². The zero-order chi connectivity index (χ0) is 24.0. The fraction of sp³-hybridized carbons (Fsp3) is 0.741. The predicted molar refractivity (Wildman–Crippen MR) is 140 cm³/mol. The number of Topliss-reactive ketones (excluding diaryl/α,β-unsaturated/α-hetero) is 1. The molecular weight excluding hydrogens is 433 g/mol. The van der Waals surface area contributed by atoms with Crippen LogP contribution in [0.15, 0.2) is 18.2 Å². The number of halogens is 1. The number of ketones is 1. The first-order valence-corrected chi connectivity index (χ1v) is 15.3. The van der Waals surface area contributed by atoms with Gasteiger partial charge in [0.05, 0.1) is 17.9 Å². The summed E-state index contributed by atoms with van der Waals surface area (Å²) in [5.74, 6) is 9.13. The first-order valence-electron chi connectivity index (χ1n) is 13.0. The maximum Gasteiger partial charge on any atom is 0.157 e. The number of nitrogen functional groups attached to an aromatic ring is 1. The van der Waals surface area contributed by atoms with E-state index in [4.69, 9.17) is 11.6 Å². The third kappa shape index (κ3) is 4.09. The summed E-state index contributed by atoms with van der Waals surface area (Å²) in [6.07, 6.45) is 12.6. The quantitative estimate of drug-likeness (QED) is 0.292. The van der Waals surface area contributed by atoms with Gasteiger partial charge < -0.3 is 10.7 Å². The summed E-state index contributed by atoms with van der Waals surface area (Å²) in [7, 11) is -0.759. The summed E-state index contributed by atoms with van der Waals surface area (Å²) in [5, 5.41) is 2.91. The molecule has 4 N–H and O–H groups in total. The second-order valence-corrected chi connectivity index (χ2v) is 15.4. The van der Waals surface area contributed by atoms with Crippen LogP contribution in [0.25, 0.3) is 0 Å². The maximum absolute atomic E-state index is 13.9. The Hall–Kier alpha value is -1.27. The smallest absolute Gasteiger partial charge is 0.157 e. The van der Waals surface area contributed by atoms with Crippen molar-refractivity contribution in [1.29, 1.82) is 0 Å². The highest BCUT2D eigenvalue weighted by molar-refractivity contribution is 8.34. The van der Waals surface area contributed by atoms with Crippen molar-refractivity contribution in [3.8, 4) is 0 Å². The van der Waals surface area contributed by atoms with Crippen molar-refractivity contribution in [2.75, 3.05) is 29.3 Å². The van der Waals surface area contributed by atoms with Crippen LogP contribution in [0.3, 0.4) is 0 Å². The van der Waals surface area contributed by atoms with E-state index >= 15 is 0 Å². The van der Waals surface area contributed by atoms with Crippen LogP contribution in [0.1, 0.15) is 72.1 Å². The van der Waals surface area contributed by atoms with Gasteiger partial charge in [-0.05, 0) is 90.4 Å². The first-order chi connectivity index (χ1) is 15.7. The minimum Gasteiger partial charge on any atom is -0.395 e. The molecule has 2 heterocycles. The molecule has 2 saturated heterocycles. The SMILES string of the molecule is CCCC1C(CC)CCS2(C)C1CCC1(C)C(C(=O)CN(N)c3cccc(F)c3N)CCC12. The van der Waals surface area contributed by atoms with Gasteiger partial charge >= 0.3 is 0 Å². The van der Waals surface area contributed by atoms with Gasteiger partial charge in [0.25, 0.3) is 0 Å². The molecular formula is C27H44FN3OS. The average molecular weight is 478 g/mol. The van der Waals surface area contributed by atoms with Crippen molar-refractivity contribution in [3.05, 3.63) is 24.0 Å². The Kier molecular flexibility index (Phi) is 7.08. The lowest BCUT2D eigenvalue weighted by Crippen LogP contribution is -2.53. The van der Waals surface area contributed by atoms with Crippen molar-refractivity contribution in [2.45, 2.75) is 82.6 Å². The van der Waals surface area contributed by atoms with Gasteiger partial charge in [0, 0.05) is 5.92 Å². The molecule has 7 atom stereocenters. The van der Waals surface area contributed by atoms with Crippen LogP contribution in [-0.2, 0) is 4.79 Å². The zero-order valence-electron chi connectivity index (χ0n) is 21.0. The number of fused-ring (bicyclic) bond motifs is 3. The Bertz CT molecular complexity index is 881. The second-order valence-electron chi connectivity index (χ2n) is 11.3. The molecule has 0 spiro atoms. The number of para-hydroxylation sites is 1. The molecule has 0 amide bonds. The number of hydrogen-bond acceptors (Lipinski definition) is 4. The standard InChI is InChI=1S/C27H44FN3OS/c1-5-8-19-18(6-2)14-16-33(4)24(19)13-15-27(3)20(11-12-25(27)33)23(32)17-31(30)22-10-7-9-21(28)26(22)29/h7,9-10,18-20,24-25H,5-6,8,11-17,29-30H2,1-4H3. The number of carbonyl (C=O) groups excluding carboxylic acids is 1. The topological polar surface area (TPSA) is 72.3 Å². The second kappa shape index (κ2) is 9.41. The lowest BCUT2D eigenvalue weighted by Gasteiger charge is -2.64. The highest BCUT2D eigenvalue weighted by atomic mass is 32.3. The molecule has 0 radical (unpaired) electrons. The Balaban J connectivity index is 1.53. The van der Waals surface area contributed by atoms with E-state index < -0.39 is 15.8 Å². The van der Waals surface area contributed by atoms with Gasteiger partial charge in [-0.1, -0.05) is 39.7 Å². The molecule has 4 nitrogen and oxygen atoms in total. The van der Waals surface area contributed by atoms with E-state index in [1.807, 2.05) is 0 Å². The minimum absolute atomic E-state index is 0.00965. The summed E-state index contributed by atoms with van der Waals surface area (Å²) < 4.78 is 13.9. The summed E-state index contributed by atoms with van der Waals surface area (Å²) in [4.78, 5) is 13.6. The van der Waals surface area contributed by atoms with E-state index in [9.17, 15) is 9.18 Å². The minimum atomic E-state index is -0.759. The maximum atomic E-state index is 13.9. The van der Waals surface area contributed by atoms with Gasteiger partial charge in [-0.3, -0.25) is 4.79 Å². The number of nitrogens with zero attached hydrogens (tertiary/aromatic N) is 1. The molecule has 6 heteroatoms. The molecule has 1 saturated carbocycles. The zero-order valence-corrected chi connectivity index (χ0v) is 21.8. The number of hydrogen-bond donors (Lipinski definition) is 2. The van der Waals surface area contributed by atoms with Crippen molar-refractivity contribution < 1.29 is 9.18 Å². The highest BCUT2D eigenvalue weighted by Crippen LogP contribution is 2.74. The Morgan fingerprint density at radius 2 is 2.00 bits per heavy atom. The molecule has 3 fully saturated rings. The van der Waals surface area contributed by atoms with Crippen LogP contribution >= 0.6 is 10.0 Å². The van der Waals surface area contributed by atoms with E-state index in [0.29, 0.717) is 10.9 Å². The molecule has 33 heavy (non-hydrogen) atoms. The molecule has 7 unspecified atom stereocenters. The van der Waals surface area contributed by atoms with Gasteiger partial charge in [0.15, 0.2) is 5.78 Å². The van der Waals surface area contributed by atoms with Crippen LogP contribution in [0.5, 0.6) is 0 Å². The number of rotatable bonds is 7. The molecule has 4 rings (SSSR count). The van der Waals surface area contributed by atoms with E-state index in [-0.39, 0.29) is 29.3 Å². The molecule has 1 aromatic carbocycles. The summed E-state index contributed by atoms with van der Waals surface area (Å²) in [6, 6.07) is 4.59. The van der Waals surface area contributed by atoms with Gasteiger partial charge in [0.1, 0.15) is 5.82 Å². The summed E-state index contributed by atoms with van der Waals surface area (Å²) >= 11 is 0. The number of anilines is 2. The first kappa shape index (κ1) is 24.8. The molecule has 0 aromatic heterocycles. The Labute approximate surface area is 201 Å². The van der Waals surface area contributed by atoms with Crippen LogP contribution < -0.4 is 16.6 Å². The van der Waals surface area contributed by atoms with Crippen LogP contribution in [0.2, 0.25) is 0 Å². The third-order valence-electron chi connectivity index (χ3n) is 9.77. The number of nitrogens with two attached hydrogens (primary N) is 2. The van der Waals surface area contributed by atoms with Gasteiger partial charge in [-0.15, -0.1) is 0 Å². The van der Waals surface area contributed by atoms with Gasteiger partial charge in [-0.25, -0.2) is 20.3 Å². The third-order valence-corrected chi connectivity index (χ3v) is 14.9.